The molecule has 0 radical (unpaired) electrons. The number of benzene rings is 4. The molecule has 0 bridgehead atoms. The molecule has 23 heteroatoms. The van der Waals surface area contributed by atoms with Gasteiger partial charge < -0.3 is 15.3 Å². The summed E-state index contributed by atoms with van der Waals surface area (Å²) in [5.41, 5.74) is -13.1. The van der Waals surface area contributed by atoms with Gasteiger partial charge in [-0.15, -0.1) is 6.58 Å². The first kappa shape index (κ1) is 47.5. The van der Waals surface area contributed by atoms with Crippen LogP contribution in [0, 0.1) is 0 Å². The molecule has 4 aromatic rings. The maximum absolute atomic E-state index is 12.9. The van der Waals surface area contributed by atoms with Gasteiger partial charge in [0.1, 0.15) is 0 Å². The number of allylic oxidation sites excluding steroid dienone is 1. The Morgan fingerprint density at radius 1 is 0.517 bits per heavy atom. The second-order valence-electron chi connectivity index (χ2n) is 12.0. The molecule has 0 spiro atoms. The Bertz CT molecular complexity index is 2230. The summed E-state index contributed by atoms with van der Waals surface area (Å²) in [5.74, 6) is 0. The molecule has 4 aromatic carbocycles. The Morgan fingerprint density at radius 2 is 0.828 bits per heavy atom. The molecule has 0 aromatic heterocycles. The van der Waals surface area contributed by atoms with E-state index >= 15 is 0 Å². The normalized spacial score (nSPS) is 13.3. The number of aliphatic hydroxyl groups excluding tert-OH is 1. The molecular weight excluding hydrogens is 853 g/mol. The fourth-order valence-electron chi connectivity index (χ4n) is 5.14. The smallest absolute Gasteiger partial charge is 0.396 e. The maximum atomic E-state index is 12.9. The third-order valence-corrected chi connectivity index (χ3v) is 11.0. The maximum Gasteiger partial charge on any atom is 0.430 e. The summed E-state index contributed by atoms with van der Waals surface area (Å²) in [5, 5.41) is 27.7. The SMILES string of the molecule is C=CCc1ccccc1S(=O)(=O)Nc1ccc(C(O)(C(F)(F)F)C(F)(F)F)cc1.O=S(=O)(Nc1ccc(C(O)(C(F)(F)F)C(F)(F)F)cc1)c1ccccc1CCO. The van der Waals surface area contributed by atoms with Crippen molar-refractivity contribution >= 4 is 31.4 Å². The minimum atomic E-state index is -6.05. The number of hydrogen-bond donors (Lipinski definition) is 5. The van der Waals surface area contributed by atoms with E-state index in [0.29, 0.717) is 54.1 Å². The summed E-state index contributed by atoms with van der Waals surface area (Å²) in [7, 11) is -8.42. The summed E-state index contributed by atoms with van der Waals surface area (Å²) in [6.07, 6.45) is -22.4. The number of halogens is 12. The molecule has 0 heterocycles. The van der Waals surface area contributed by atoms with Crippen LogP contribution in [0.2, 0.25) is 0 Å². The molecule has 5 N–H and O–H groups in total. The first-order valence-corrected chi connectivity index (χ1v) is 18.8. The van der Waals surface area contributed by atoms with E-state index in [1.165, 1.54) is 48.5 Å². The van der Waals surface area contributed by atoms with Gasteiger partial charge in [0, 0.05) is 29.1 Å². The van der Waals surface area contributed by atoms with Crippen molar-refractivity contribution in [3.63, 3.8) is 0 Å². The molecule has 9 nitrogen and oxygen atoms in total. The molecule has 318 valence electrons. The predicted octanol–water partition coefficient (Wildman–Crippen LogP) is 7.86. The number of hydrogen-bond acceptors (Lipinski definition) is 7. The van der Waals surface area contributed by atoms with Gasteiger partial charge in [-0.25, -0.2) is 16.8 Å². The van der Waals surface area contributed by atoms with E-state index in [0.717, 1.165) is 0 Å². The van der Waals surface area contributed by atoms with Crippen LogP contribution >= 0.6 is 0 Å². The van der Waals surface area contributed by atoms with Crippen LogP contribution in [0.25, 0.3) is 0 Å². The van der Waals surface area contributed by atoms with Crippen LogP contribution in [0.15, 0.2) is 120 Å². The molecule has 0 saturated heterocycles. The highest BCUT2D eigenvalue weighted by atomic mass is 32.2. The summed E-state index contributed by atoms with van der Waals surface area (Å²) in [6, 6.07) is 15.6. The first-order chi connectivity index (χ1) is 26.5. The van der Waals surface area contributed by atoms with Gasteiger partial charge in [-0.05, 0) is 60.4 Å². The van der Waals surface area contributed by atoms with Crippen molar-refractivity contribution in [3.8, 4) is 0 Å². The van der Waals surface area contributed by atoms with E-state index in [2.05, 4.69) is 11.3 Å². The van der Waals surface area contributed by atoms with E-state index in [1.807, 2.05) is 4.72 Å². The molecule has 0 unspecified atom stereocenters. The summed E-state index contributed by atoms with van der Waals surface area (Å²) < 4.78 is 209. The van der Waals surface area contributed by atoms with E-state index < -0.39 is 67.1 Å². The van der Waals surface area contributed by atoms with Gasteiger partial charge >= 0.3 is 24.7 Å². The number of aliphatic hydroxyl groups is 3. The average molecular weight is 883 g/mol. The summed E-state index contributed by atoms with van der Waals surface area (Å²) in [4.78, 5) is -0.328. The number of sulfonamides is 2. The lowest BCUT2D eigenvalue weighted by Gasteiger charge is -2.32. The number of nitrogens with one attached hydrogen (secondary N) is 2. The third kappa shape index (κ3) is 10.1. The molecule has 0 fully saturated rings. The highest BCUT2D eigenvalue weighted by molar-refractivity contribution is 7.93. The van der Waals surface area contributed by atoms with Crippen LogP contribution in [-0.2, 0) is 44.1 Å². The van der Waals surface area contributed by atoms with Gasteiger partial charge in [-0.2, -0.15) is 52.7 Å². The second-order valence-corrected chi connectivity index (χ2v) is 15.3. The lowest BCUT2D eigenvalue weighted by Crippen LogP contribution is -2.53. The largest absolute Gasteiger partial charge is 0.430 e. The Kier molecular flexibility index (Phi) is 14.1. The van der Waals surface area contributed by atoms with Crippen molar-refractivity contribution in [2.24, 2.45) is 0 Å². The quantitative estimate of drug-likeness (QED) is 0.0718. The topological polar surface area (TPSA) is 153 Å². The van der Waals surface area contributed by atoms with Gasteiger partial charge in [0.25, 0.3) is 31.2 Å². The van der Waals surface area contributed by atoms with Crippen molar-refractivity contribution in [2.45, 2.75) is 58.5 Å². The molecule has 0 aliphatic rings. The zero-order chi connectivity index (χ0) is 44.2. The molecule has 0 saturated carbocycles. The molecular formula is C35H30F12N2O7S2. The van der Waals surface area contributed by atoms with Crippen LogP contribution < -0.4 is 9.44 Å². The molecule has 0 atom stereocenters. The van der Waals surface area contributed by atoms with Crippen molar-refractivity contribution in [2.75, 3.05) is 16.1 Å². The van der Waals surface area contributed by atoms with Crippen molar-refractivity contribution in [3.05, 3.63) is 132 Å². The standard InChI is InChI=1S/C18H15F6NO3S.C17H15F6NO4S/c1-2-5-12-6-3-4-7-15(12)29(27,28)25-14-10-8-13(9-11-14)16(26,17(19,20)21)18(22,23)24;18-16(19,20)15(26,17(21,22)23)12-5-7-13(8-6-12)24-29(27,28)14-4-2-1-3-11(14)9-10-25/h2-4,6-11,25-26H,1,5H2;1-8,24-26H,9-10H2. The van der Waals surface area contributed by atoms with Crippen LogP contribution in [-0.4, -0.2) is 63.5 Å². The van der Waals surface area contributed by atoms with Gasteiger partial charge in [0.05, 0.1) is 9.79 Å². The Balaban J connectivity index is 0.000000310. The molecule has 0 aliphatic heterocycles. The zero-order valence-corrected chi connectivity index (χ0v) is 30.6. The van der Waals surface area contributed by atoms with E-state index in [9.17, 15) is 79.7 Å². The molecule has 0 aliphatic carbocycles. The van der Waals surface area contributed by atoms with Crippen LogP contribution in [0.1, 0.15) is 22.3 Å². The summed E-state index contributed by atoms with van der Waals surface area (Å²) in [6.45, 7) is 3.17. The fraction of sp³-hybridized carbons (Fsp3) is 0.257. The number of rotatable bonds is 12. The molecule has 58 heavy (non-hydrogen) atoms. The van der Waals surface area contributed by atoms with Gasteiger partial charge in [0.15, 0.2) is 0 Å². The lowest BCUT2D eigenvalue weighted by molar-refractivity contribution is -0.376. The van der Waals surface area contributed by atoms with E-state index in [1.54, 1.807) is 6.07 Å². The fourth-order valence-corrected chi connectivity index (χ4v) is 7.78. The molecule has 4 rings (SSSR count). The Labute approximate surface area is 322 Å². The monoisotopic (exact) mass is 882 g/mol. The number of anilines is 2. The highest BCUT2D eigenvalue weighted by Crippen LogP contribution is 2.51. The van der Waals surface area contributed by atoms with Crippen molar-refractivity contribution < 1.29 is 84.8 Å². The molecule has 0 amide bonds. The number of alkyl halides is 12. The third-order valence-electron chi connectivity index (χ3n) is 8.02. The predicted molar refractivity (Wildman–Crippen MR) is 184 cm³/mol. The first-order valence-electron chi connectivity index (χ1n) is 15.8. The van der Waals surface area contributed by atoms with Crippen LogP contribution in [0.3, 0.4) is 0 Å². The lowest BCUT2D eigenvalue weighted by atomic mass is 9.92. The van der Waals surface area contributed by atoms with Crippen LogP contribution in [0.5, 0.6) is 0 Å². The minimum Gasteiger partial charge on any atom is -0.396 e. The minimum absolute atomic E-state index is 0.0141. The van der Waals surface area contributed by atoms with Crippen LogP contribution in [0.4, 0.5) is 64.1 Å². The Hall–Kier alpha value is -4.84. The van der Waals surface area contributed by atoms with E-state index in [-0.39, 0.29) is 46.2 Å². The average Bonchev–Trinajstić information content (AvgIpc) is 3.10. The summed E-state index contributed by atoms with van der Waals surface area (Å²) >= 11 is 0. The Morgan fingerprint density at radius 3 is 1.14 bits per heavy atom. The zero-order valence-electron chi connectivity index (χ0n) is 29.0. The van der Waals surface area contributed by atoms with Gasteiger partial charge in [0.2, 0.25) is 0 Å². The van der Waals surface area contributed by atoms with Crippen molar-refractivity contribution in [1.29, 1.82) is 0 Å². The highest BCUT2D eigenvalue weighted by Gasteiger charge is 2.72. The van der Waals surface area contributed by atoms with Crippen molar-refractivity contribution in [1.82, 2.24) is 0 Å². The second kappa shape index (κ2) is 17.2. The van der Waals surface area contributed by atoms with E-state index in [4.69, 9.17) is 5.11 Å². The van der Waals surface area contributed by atoms with Gasteiger partial charge in [-0.3, -0.25) is 9.44 Å². The van der Waals surface area contributed by atoms with Gasteiger partial charge in [-0.1, -0.05) is 66.7 Å².